The van der Waals surface area contributed by atoms with Crippen molar-refractivity contribution in [1.29, 1.82) is 0 Å². The number of esters is 1. The second-order valence-corrected chi connectivity index (χ2v) is 21.3. The van der Waals surface area contributed by atoms with Gasteiger partial charge < -0.3 is 20.1 Å². The van der Waals surface area contributed by atoms with Crippen LogP contribution in [0.15, 0.2) is 48.7 Å². The summed E-state index contributed by atoms with van der Waals surface area (Å²) in [6.07, 6.45) is 12.0. The Morgan fingerprint density at radius 2 is 1.64 bits per heavy atom. The molecule has 1 aromatic carbocycles. The Hall–Kier alpha value is -3.42. The third-order valence-electron chi connectivity index (χ3n) is 17.4. The summed E-state index contributed by atoms with van der Waals surface area (Å²) in [6, 6.07) is 9.97. The molecule has 0 aliphatic heterocycles. The lowest BCUT2D eigenvalue weighted by atomic mass is 9.32. The predicted octanol–water partition coefficient (Wildman–Crippen LogP) is 10.7. The molecule has 0 radical (unpaired) electrons. The molecule has 306 valence electrons. The van der Waals surface area contributed by atoms with E-state index in [1.807, 2.05) is 38.2 Å². The summed E-state index contributed by atoms with van der Waals surface area (Å²) in [6.45, 7) is 24.9. The van der Waals surface area contributed by atoms with E-state index in [1.165, 1.54) is 5.57 Å². The molecule has 8 nitrogen and oxygen atoms in total. The highest BCUT2D eigenvalue weighted by molar-refractivity contribution is 5.84. The standard InChI is InChI=1S/C48H69N3O5/c1-29(2)32-18-23-48(42(55)50-30(3)41-49-28-34(51-41)31-14-12-11-13-15-31)25-24-46(9)33(40(32)48)16-17-36-45(8)21-20-37(44(6,7)35(45)19-22-47(36,46)10)56-39(54)27-43(4,5)26-38(52)53/h11-15,28,30,32-33,35-37,40H,1,16-27H2,2-10H3,(H,49,51)(H,50,55)(H,52,53)/t30-,32-,33+,35-,36+,37-,40+,45-,46+,47+,48-/m0/s1. The number of imidazole rings is 1. The number of carboxylic acid groups (broad SMARTS) is 1. The molecule has 5 saturated carbocycles. The van der Waals surface area contributed by atoms with Crippen molar-refractivity contribution in [3.05, 3.63) is 54.5 Å². The van der Waals surface area contributed by atoms with Gasteiger partial charge in [-0.05, 0) is 135 Å². The largest absolute Gasteiger partial charge is 0.481 e. The second kappa shape index (κ2) is 14.1. The van der Waals surface area contributed by atoms with E-state index in [2.05, 4.69) is 77.5 Å². The summed E-state index contributed by atoms with van der Waals surface area (Å²) < 4.78 is 6.29. The number of hydrogen-bond acceptors (Lipinski definition) is 5. The molecule has 1 heterocycles. The number of hydrogen-bond donors (Lipinski definition) is 3. The van der Waals surface area contributed by atoms with Gasteiger partial charge in [0.15, 0.2) is 0 Å². The van der Waals surface area contributed by atoms with E-state index in [4.69, 9.17) is 9.72 Å². The molecule has 11 atom stereocenters. The number of H-pyrrole nitrogens is 1. The van der Waals surface area contributed by atoms with E-state index in [0.717, 1.165) is 81.3 Å². The van der Waals surface area contributed by atoms with Gasteiger partial charge in [0, 0.05) is 5.41 Å². The average molecular weight is 768 g/mol. The fourth-order valence-electron chi connectivity index (χ4n) is 14.5. The van der Waals surface area contributed by atoms with Gasteiger partial charge in [-0.15, -0.1) is 0 Å². The van der Waals surface area contributed by atoms with Crippen molar-refractivity contribution >= 4 is 17.8 Å². The molecule has 5 aliphatic carbocycles. The number of carboxylic acids is 1. The Morgan fingerprint density at radius 1 is 0.929 bits per heavy atom. The maximum atomic E-state index is 14.9. The number of fused-ring (bicyclic) bond motifs is 7. The molecular formula is C48H69N3O5. The van der Waals surface area contributed by atoms with Gasteiger partial charge in [-0.1, -0.05) is 91.0 Å². The molecule has 1 aromatic heterocycles. The number of nitrogens with zero attached hydrogens (tertiary/aromatic N) is 1. The Labute approximate surface area is 335 Å². The first-order valence-electron chi connectivity index (χ1n) is 21.7. The Balaban J connectivity index is 1.11. The Bertz CT molecular complexity index is 1850. The van der Waals surface area contributed by atoms with Gasteiger partial charge in [-0.25, -0.2) is 4.98 Å². The fraction of sp³-hybridized carbons (Fsp3) is 0.708. The van der Waals surface area contributed by atoms with Crippen molar-refractivity contribution < 1.29 is 24.2 Å². The number of amides is 1. The average Bonchev–Trinajstić information content (AvgIpc) is 3.77. The first kappa shape index (κ1) is 40.8. The molecule has 5 fully saturated rings. The van der Waals surface area contributed by atoms with Gasteiger partial charge in [0.2, 0.25) is 5.91 Å². The normalized spacial score (nSPS) is 37.9. The van der Waals surface area contributed by atoms with Crippen LogP contribution >= 0.6 is 0 Å². The number of allylic oxidation sites excluding steroid dienone is 1. The van der Waals surface area contributed by atoms with Gasteiger partial charge in [-0.3, -0.25) is 14.4 Å². The third kappa shape index (κ3) is 6.47. The summed E-state index contributed by atoms with van der Waals surface area (Å²) in [4.78, 5) is 47.8. The highest BCUT2D eigenvalue weighted by Crippen LogP contribution is 2.77. The summed E-state index contributed by atoms with van der Waals surface area (Å²) in [5, 5.41) is 12.9. The third-order valence-corrected chi connectivity index (χ3v) is 17.4. The highest BCUT2D eigenvalue weighted by atomic mass is 16.5. The van der Waals surface area contributed by atoms with Crippen LogP contribution in [-0.2, 0) is 19.1 Å². The van der Waals surface area contributed by atoms with E-state index < -0.39 is 16.8 Å². The first-order valence-corrected chi connectivity index (χ1v) is 21.7. The minimum absolute atomic E-state index is 0.0589. The summed E-state index contributed by atoms with van der Waals surface area (Å²) in [5.41, 5.74) is 2.34. The number of carbonyl (C=O) groups excluding carboxylic acids is 2. The van der Waals surface area contributed by atoms with Gasteiger partial charge in [0.1, 0.15) is 11.9 Å². The summed E-state index contributed by atoms with van der Waals surface area (Å²) in [5.74, 6) is 1.82. The highest BCUT2D eigenvalue weighted by Gasteiger charge is 2.72. The van der Waals surface area contributed by atoms with Crippen LogP contribution in [0.25, 0.3) is 11.3 Å². The van der Waals surface area contributed by atoms with E-state index in [0.29, 0.717) is 23.7 Å². The summed E-state index contributed by atoms with van der Waals surface area (Å²) in [7, 11) is 0. The number of carbonyl (C=O) groups is 3. The molecular weight excluding hydrogens is 699 g/mol. The minimum atomic E-state index is -0.891. The number of ether oxygens (including phenoxy) is 1. The number of benzene rings is 1. The maximum Gasteiger partial charge on any atom is 0.306 e. The summed E-state index contributed by atoms with van der Waals surface area (Å²) >= 11 is 0. The van der Waals surface area contributed by atoms with Crippen LogP contribution in [0, 0.1) is 62.1 Å². The van der Waals surface area contributed by atoms with Crippen LogP contribution in [0.1, 0.15) is 151 Å². The van der Waals surface area contributed by atoms with Crippen molar-refractivity contribution in [3.63, 3.8) is 0 Å². The number of aliphatic carboxylic acids is 1. The monoisotopic (exact) mass is 768 g/mol. The van der Waals surface area contributed by atoms with Crippen molar-refractivity contribution in [1.82, 2.24) is 15.3 Å². The van der Waals surface area contributed by atoms with E-state index in [-0.39, 0.29) is 64.4 Å². The molecule has 0 unspecified atom stereocenters. The van der Waals surface area contributed by atoms with Crippen molar-refractivity contribution in [2.75, 3.05) is 0 Å². The lowest BCUT2D eigenvalue weighted by Crippen LogP contribution is -2.67. The van der Waals surface area contributed by atoms with Crippen molar-refractivity contribution in [3.8, 4) is 11.3 Å². The van der Waals surface area contributed by atoms with Crippen LogP contribution in [0.2, 0.25) is 0 Å². The lowest BCUT2D eigenvalue weighted by Gasteiger charge is -2.72. The van der Waals surface area contributed by atoms with E-state index in [1.54, 1.807) is 0 Å². The second-order valence-electron chi connectivity index (χ2n) is 21.3. The predicted molar refractivity (Wildman–Crippen MR) is 220 cm³/mol. The zero-order valence-electron chi connectivity index (χ0n) is 35.7. The molecule has 7 rings (SSSR count). The van der Waals surface area contributed by atoms with Crippen LogP contribution in [0.4, 0.5) is 0 Å². The molecule has 0 saturated heterocycles. The Morgan fingerprint density at radius 3 is 2.32 bits per heavy atom. The van der Waals surface area contributed by atoms with E-state index in [9.17, 15) is 19.5 Å². The fourth-order valence-corrected chi connectivity index (χ4v) is 14.5. The zero-order valence-corrected chi connectivity index (χ0v) is 35.7. The molecule has 0 spiro atoms. The number of nitrogens with one attached hydrogen (secondary N) is 2. The molecule has 3 N–H and O–H groups in total. The maximum absolute atomic E-state index is 14.9. The van der Waals surface area contributed by atoms with Crippen LogP contribution in [0.3, 0.4) is 0 Å². The molecule has 0 bridgehead atoms. The van der Waals surface area contributed by atoms with Crippen molar-refractivity contribution in [2.24, 2.45) is 62.1 Å². The first-order chi connectivity index (χ1) is 26.2. The quantitative estimate of drug-likeness (QED) is 0.163. The topological polar surface area (TPSA) is 121 Å². The Kier molecular flexibility index (Phi) is 10.3. The van der Waals surface area contributed by atoms with Gasteiger partial charge >= 0.3 is 11.9 Å². The number of rotatable bonds is 10. The minimum Gasteiger partial charge on any atom is -0.481 e. The van der Waals surface area contributed by atoms with Gasteiger partial charge in [0.25, 0.3) is 0 Å². The van der Waals surface area contributed by atoms with Crippen LogP contribution in [0.5, 0.6) is 0 Å². The molecule has 5 aliphatic rings. The zero-order chi connectivity index (χ0) is 40.6. The van der Waals surface area contributed by atoms with Gasteiger partial charge in [0.05, 0.1) is 36.2 Å². The van der Waals surface area contributed by atoms with Crippen molar-refractivity contribution in [2.45, 2.75) is 152 Å². The smallest absolute Gasteiger partial charge is 0.306 e. The molecule has 1 amide bonds. The lowest BCUT2D eigenvalue weighted by molar-refractivity contribution is -0.249. The molecule has 56 heavy (non-hydrogen) atoms. The van der Waals surface area contributed by atoms with Crippen LogP contribution in [-0.4, -0.2) is 39.0 Å². The van der Waals surface area contributed by atoms with E-state index >= 15 is 0 Å². The van der Waals surface area contributed by atoms with Gasteiger partial charge in [-0.2, -0.15) is 0 Å². The molecule has 2 aromatic rings. The number of aromatic nitrogens is 2. The van der Waals surface area contributed by atoms with Crippen LogP contribution < -0.4 is 5.32 Å². The number of aromatic amines is 1. The SMILES string of the molecule is C=C(C)[C@@H]1CC[C@]2(C(=O)N[C@@H](C)c3ncc(-c4ccccc4)[nH]3)CC[C@]3(C)[C@H](CC[C@@H]4[C@@]5(C)CC[C@H](OC(=O)CC(C)(C)CC(=O)O)C(C)(C)[C@@H]5CC[C@]43C)[C@@H]12. The molecule has 8 heteroatoms.